The Morgan fingerprint density at radius 3 is 2.30 bits per heavy atom. The van der Waals surface area contributed by atoms with Gasteiger partial charge in [-0.25, -0.2) is 9.18 Å². The third-order valence-corrected chi connectivity index (χ3v) is 3.21. The summed E-state index contributed by atoms with van der Waals surface area (Å²) in [5.41, 5.74) is 0.799. The molecule has 2 amide bonds. The van der Waals surface area contributed by atoms with Crippen LogP contribution in [-0.2, 0) is 20.8 Å². The number of hydrogen-bond donors (Lipinski definition) is 3. The zero-order chi connectivity index (χ0) is 17.2. The van der Waals surface area contributed by atoms with Crippen molar-refractivity contribution >= 4 is 17.8 Å². The number of amides is 2. The molecule has 1 aromatic rings. The minimum atomic E-state index is -1.60. The average Bonchev–Trinajstić information content (AvgIpc) is 2.52. The monoisotopic (exact) mass is 324 g/mol. The molecular weight excluding hydrogens is 303 g/mol. The number of hydrogen-bond acceptors (Lipinski definition) is 3. The molecule has 0 fully saturated rings. The van der Waals surface area contributed by atoms with Crippen molar-refractivity contribution in [2.75, 3.05) is 6.67 Å². The van der Waals surface area contributed by atoms with E-state index in [1.807, 2.05) is 13.0 Å². The highest BCUT2D eigenvalue weighted by molar-refractivity contribution is 5.90. The van der Waals surface area contributed by atoms with E-state index in [-0.39, 0.29) is 12.3 Å². The topological polar surface area (TPSA) is 95.5 Å². The van der Waals surface area contributed by atoms with Gasteiger partial charge in [-0.3, -0.25) is 9.59 Å². The van der Waals surface area contributed by atoms with Gasteiger partial charge >= 0.3 is 5.97 Å². The molecule has 0 spiro atoms. The lowest BCUT2D eigenvalue weighted by Crippen LogP contribution is -2.52. The van der Waals surface area contributed by atoms with Crippen molar-refractivity contribution in [1.82, 2.24) is 10.6 Å². The van der Waals surface area contributed by atoms with Crippen LogP contribution in [0.1, 0.15) is 25.3 Å². The average molecular weight is 324 g/mol. The summed E-state index contributed by atoms with van der Waals surface area (Å²) < 4.78 is 12.6. The smallest absolute Gasteiger partial charge is 0.328 e. The van der Waals surface area contributed by atoms with E-state index in [4.69, 9.17) is 5.11 Å². The van der Waals surface area contributed by atoms with E-state index < -0.39 is 30.6 Å². The number of halogens is 1. The fourth-order valence-corrected chi connectivity index (χ4v) is 2.02. The normalized spacial score (nSPS) is 13.0. The van der Waals surface area contributed by atoms with Crippen LogP contribution >= 0.6 is 0 Å². The second kappa shape index (κ2) is 9.55. The van der Waals surface area contributed by atoms with Crippen molar-refractivity contribution in [2.24, 2.45) is 0 Å². The van der Waals surface area contributed by atoms with Gasteiger partial charge in [-0.05, 0) is 12.0 Å². The van der Waals surface area contributed by atoms with E-state index in [1.165, 1.54) is 0 Å². The number of alkyl halides is 1. The summed E-state index contributed by atoms with van der Waals surface area (Å²) in [5.74, 6) is -2.50. The van der Waals surface area contributed by atoms with Gasteiger partial charge in [0.15, 0.2) is 6.04 Å². The van der Waals surface area contributed by atoms with Crippen LogP contribution in [-0.4, -0.2) is 41.6 Å². The maximum atomic E-state index is 12.6. The maximum absolute atomic E-state index is 12.6. The van der Waals surface area contributed by atoms with Gasteiger partial charge in [0.05, 0.1) is 6.42 Å². The lowest BCUT2D eigenvalue weighted by atomic mass is 10.1. The van der Waals surface area contributed by atoms with Crippen molar-refractivity contribution in [1.29, 1.82) is 0 Å². The Kier molecular flexibility index (Phi) is 7.73. The Morgan fingerprint density at radius 1 is 1.13 bits per heavy atom. The summed E-state index contributed by atoms with van der Waals surface area (Å²) in [6.45, 7) is 0.616. The van der Waals surface area contributed by atoms with Crippen molar-refractivity contribution < 1.29 is 23.9 Å². The molecule has 6 nitrogen and oxygen atoms in total. The maximum Gasteiger partial charge on any atom is 0.328 e. The molecule has 0 bridgehead atoms. The third kappa shape index (κ3) is 6.46. The van der Waals surface area contributed by atoms with E-state index >= 15 is 0 Å². The van der Waals surface area contributed by atoms with Gasteiger partial charge in [0.1, 0.15) is 12.7 Å². The molecule has 0 radical (unpaired) electrons. The number of nitrogens with one attached hydrogen (secondary N) is 2. The summed E-state index contributed by atoms with van der Waals surface area (Å²) in [4.78, 5) is 34.8. The number of rotatable bonds is 9. The van der Waals surface area contributed by atoms with Gasteiger partial charge in [-0.2, -0.15) is 0 Å². The molecule has 0 aliphatic heterocycles. The first-order valence-corrected chi connectivity index (χ1v) is 7.40. The van der Waals surface area contributed by atoms with Crippen molar-refractivity contribution in [3.05, 3.63) is 35.9 Å². The summed E-state index contributed by atoms with van der Waals surface area (Å²) in [5, 5.41) is 13.4. The van der Waals surface area contributed by atoms with Crippen LogP contribution < -0.4 is 10.6 Å². The number of carbonyl (C=O) groups is 3. The minimum Gasteiger partial charge on any atom is -0.480 e. The van der Waals surface area contributed by atoms with Crippen molar-refractivity contribution in [3.63, 3.8) is 0 Å². The first kappa shape index (κ1) is 18.6. The predicted octanol–water partition coefficient (Wildman–Crippen LogP) is 1.05. The number of carboxylic acid groups (broad SMARTS) is 1. The Balaban J connectivity index is 2.64. The summed E-state index contributed by atoms with van der Waals surface area (Å²) in [7, 11) is 0. The Bertz CT molecular complexity index is 536. The second-order valence-electron chi connectivity index (χ2n) is 5.12. The van der Waals surface area contributed by atoms with Gasteiger partial charge < -0.3 is 15.7 Å². The van der Waals surface area contributed by atoms with E-state index in [1.54, 1.807) is 24.3 Å². The zero-order valence-electron chi connectivity index (χ0n) is 12.9. The molecule has 0 aliphatic carbocycles. The SMILES string of the molecule is CCCC(NC(=O)Cc1ccccc1)C(=O)NC(CF)C(=O)O. The van der Waals surface area contributed by atoms with Crippen molar-refractivity contribution in [2.45, 2.75) is 38.3 Å². The summed E-state index contributed by atoms with van der Waals surface area (Å²) >= 11 is 0. The second-order valence-corrected chi connectivity index (χ2v) is 5.12. The standard InChI is InChI=1S/C16H21FN2O4/c1-2-6-12(15(21)19-13(10-17)16(22)23)18-14(20)9-11-7-4-3-5-8-11/h3-5,7-8,12-13H,2,6,9-10H2,1H3,(H,18,20)(H,19,21)(H,22,23). The first-order chi connectivity index (χ1) is 11.0. The van der Waals surface area contributed by atoms with E-state index in [2.05, 4.69) is 10.6 Å². The minimum absolute atomic E-state index is 0.111. The molecule has 3 N–H and O–H groups in total. The molecule has 1 aromatic carbocycles. The van der Waals surface area contributed by atoms with Gasteiger partial charge in [-0.1, -0.05) is 43.7 Å². The van der Waals surface area contributed by atoms with Crippen LogP contribution in [0.15, 0.2) is 30.3 Å². The highest BCUT2D eigenvalue weighted by Crippen LogP contribution is 2.03. The number of carbonyl (C=O) groups excluding carboxylic acids is 2. The molecule has 23 heavy (non-hydrogen) atoms. The van der Waals surface area contributed by atoms with Crippen LogP contribution in [0.5, 0.6) is 0 Å². The molecule has 2 unspecified atom stereocenters. The zero-order valence-corrected chi connectivity index (χ0v) is 12.9. The fraction of sp³-hybridized carbons (Fsp3) is 0.438. The van der Waals surface area contributed by atoms with Crippen LogP contribution in [0, 0.1) is 0 Å². The largest absolute Gasteiger partial charge is 0.480 e. The molecule has 0 heterocycles. The van der Waals surface area contributed by atoms with Crippen LogP contribution in [0.3, 0.4) is 0 Å². The van der Waals surface area contributed by atoms with E-state index in [0.29, 0.717) is 12.8 Å². The highest BCUT2D eigenvalue weighted by atomic mass is 19.1. The fourth-order valence-electron chi connectivity index (χ4n) is 2.02. The Hall–Kier alpha value is -2.44. The molecule has 1 rings (SSSR count). The number of benzene rings is 1. The van der Waals surface area contributed by atoms with Crippen molar-refractivity contribution in [3.8, 4) is 0 Å². The Labute approximate surface area is 134 Å². The van der Waals surface area contributed by atoms with Gasteiger partial charge in [0.25, 0.3) is 0 Å². The van der Waals surface area contributed by atoms with Gasteiger partial charge in [-0.15, -0.1) is 0 Å². The molecule has 0 saturated carbocycles. The van der Waals surface area contributed by atoms with Gasteiger partial charge in [0, 0.05) is 0 Å². The van der Waals surface area contributed by atoms with Crippen LogP contribution in [0.25, 0.3) is 0 Å². The molecule has 126 valence electrons. The lowest BCUT2D eigenvalue weighted by Gasteiger charge is -2.20. The Morgan fingerprint density at radius 2 is 1.78 bits per heavy atom. The summed E-state index contributed by atoms with van der Waals surface area (Å²) in [6.07, 6.45) is 1.06. The van der Waals surface area contributed by atoms with Gasteiger partial charge in [0.2, 0.25) is 11.8 Å². The molecule has 2 atom stereocenters. The first-order valence-electron chi connectivity index (χ1n) is 7.40. The summed E-state index contributed by atoms with van der Waals surface area (Å²) in [6, 6.07) is 6.53. The van der Waals surface area contributed by atoms with Crippen LogP contribution in [0.4, 0.5) is 4.39 Å². The lowest BCUT2D eigenvalue weighted by molar-refractivity contribution is -0.142. The van der Waals surface area contributed by atoms with E-state index in [9.17, 15) is 18.8 Å². The predicted molar refractivity (Wildman–Crippen MR) is 82.5 cm³/mol. The van der Waals surface area contributed by atoms with Crippen LogP contribution in [0.2, 0.25) is 0 Å². The number of aliphatic carboxylic acids is 1. The quantitative estimate of drug-likeness (QED) is 0.633. The number of carboxylic acids is 1. The molecular formula is C16H21FN2O4. The molecule has 0 saturated heterocycles. The molecule has 0 aliphatic rings. The highest BCUT2D eigenvalue weighted by Gasteiger charge is 2.25. The molecule has 0 aromatic heterocycles. The molecule has 7 heteroatoms. The van der Waals surface area contributed by atoms with E-state index in [0.717, 1.165) is 5.56 Å². The third-order valence-electron chi connectivity index (χ3n) is 3.21.